The number of aliphatic hydroxyl groups excluding tert-OH is 1. The SMILES string of the molecule is Cc1ccc(Sc2ncnc3c2ccn3C2CCC(CO)O2)cc1Cl. The average molecular weight is 376 g/mol. The zero-order valence-electron chi connectivity index (χ0n) is 13.7. The quantitative estimate of drug-likeness (QED) is 0.692. The van der Waals surface area contributed by atoms with E-state index in [-0.39, 0.29) is 18.9 Å². The summed E-state index contributed by atoms with van der Waals surface area (Å²) in [5.41, 5.74) is 1.90. The van der Waals surface area contributed by atoms with E-state index in [2.05, 4.69) is 9.97 Å². The highest BCUT2D eigenvalue weighted by molar-refractivity contribution is 7.99. The third-order valence-electron chi connectivity index (χ3n) is 4.43. The lowest BCUT2D eigenvalue weighted by Gasteiger charge is -2.14. The van der Waals surface area contributed by atoms with Crippen molar-refractivity contribution < 1.29 is 9.84 Å². The summed E-state index contributed by atoms with van der Waals surface area (Å²) in [7, 11) is 0. The Morgan fingerprint density at radius 2 is 2.20 bits per heavy atom. The molecule has 1 fully saturated rings. The van der Waals surface area contributed by atoms with E-state index in [0.717, 1.165) is 44.4 Å². The zero-order chi connectivity index (χ0) is 17.4. The summed E-state index contributed by atoms with van der Waals surface area (Å²) in [6.07, 6.45) is 5.11. The maximum atomic E-state index is 9.27. The Balaban J connectivity index is 1.66. The molecule has 2 aromatic heterocycles. The van der Waals surface area contributed by atoms with Crippen LogP contribution in [0, 0.1) is 6.92 Å². The van der Waals surface area contributed by atoms with Crippen molar-refractivity contribution in [2.45, 2.75) is 42.0 Å². The number of aryl methyl sites for hydroxylation is 1. The molecule has 1 aliphatic rings. The Labute approximate surface area is 155 Å². The molecule has 1 N–H and O–H groups in total. The third-order valence-corrected chi connectivity index (χ3v) is 5.85. The lowest BCUT2D eigenvalue weighted by Crippen LogP contribution is -2.14. The second-order valence-corrected chi connectivity index (χ2v) is 7.59. The minimum atomic E-state index is -0.0900. The molecule has 3 aromatic rings. The van der Waals surface area contributed by atoms with E-state index >= 15 is 0 Å². The summed E-state index contributed by atoms with van der Waals surface area (Å²) in [6, 6.07) is 8.03. The molecule has 1 aliphatic heterocycles. The number of hydrogen-bond donors (Lipinski definition) is 1. The first-order valence-electron chi connectivity index (χ1n) is 8.17. The van der Waals surface area contributed by atoms with Crippen LogP contribution in [0.4, 0.5) is 0 Å². The Morgan fingerprint density at radius 1 is 1.32 bits per heavy atom. The van der Waals surface area contributed by atoms with Gasteiger partial charge in [0.05, 0.1) is 18.1 Å². The van der Waals surface area contributed by atoms with Crippen molar-refractivity contribution in [3.63, 3.8) is 0 Å². The van der Waals surface area contributed by atoms with E-state index in [1.165, 1.54) is 0 Å². The van der Waals surface area contributed by atoms with E-state index in [0.29, 0.717) is 0 Å². The lowest BCUT2D eigenvalue weighted by molar-refractivity contribution is -0.0204. The first-order chi connectivity index (χ1) is 12.2. The number of fused-ring (bicyclic) bond motifs is 1. The van der Waals surface area contributed by atoms with Crippen LogP contribution in [0.5, 0.6) is 0 Å². The van der Waals surface area contributed by atoms with Crippen molar-refractivity contribution in [2.75, 3.05) is 6.61 Å². The molecule has 1 saturated heterocycles. The van der Waals surface area contributed by atoms with Gasteiger partial charge >= 0.3 is 0 Å². The molecule has 5 nitrogen and oxygen atoms in total. The molecule has 0 radical (unpaired) electrons. The molecule has 0 amide bonds. The van der Waals surface area contributed by atoms with Gasteiger partial charge in [0, 0.05) is 16.1 Å². The fourth-order valence-corrected chi connectivity index (χ4v) is 4.19. The van der Waals surface area contributed by atoms with Gasteiger partial charge in [0.1, 0.15) is 23.2 Å². The van der Waals surface area contributed by atoms with Gasteiger partial charge in [-0.3, -0.25) is 0 Å². The van der Waals surface area contributed by atoms with Gasteiger partial charge in [0.15, 0.2) is 0 Å². The molecule has 1 aromatic carbocycles. The Hall–Kier alpha value is -1.60. The number of hydrogen-bond acceptors (Lipinski definition) is 5. The molecule has 0 spiro atoms. The van der Waals surface area contributed by atoms with Crippen molar-refractivity contribution in [1.82, 2.24) is 14.5 Å². The smallest absolute Gasteiger partial charge is 0.146 e. The Kier molecular flexibility index (Phi) is 4.69. The second kappa shape index (κ2) is 6.96. The second-order valence-electron chi connectivity index (χ2n) is 6.12. The van der Waals surface area contributed by atoms with Crippen LogP contribution in [0.3, 0.4) is 0 Å². The van der Waals surface area contributed by atoms with Crippen molar-refractivity contribution in [2.24, 2.45) is 0 Å². The third kappa shape index (κ3) is 3.27. The van der Waals surface area contributed by atoms with Crippen LogP contribution in [0.15, 0.2) is 46.7 Å². The molecule has 130 valence electrons. The van der Waals surface area contributed by atoms with Crippen molar-refractivity contribution in [3.8, 4) is 0 Å². The molecular formula is C18H18ClN3O2S. The van der Waals surface area contributed by atoms with Crippen LogP contribution in [0.25, 0.3) is 11.0 Å². The highest BCUT2D eigenvalue weighted by Crippen LogP contribution is 2.36. The summed E-state index contributed by atoms with van der Waals surface area (Å²) < 4.78 is 7.91. The van der Waals surface area contributed by atoms with Gasteiger partial charge in [-0.25, -0.2) is 9.97 Å². The number of halogens is 1. The van der Waals surface area contributed by atoms with Crippen molar-refractivity contribution >= 4 is 34.4 Å². The number of nitrogens with zero attached hydrogens (tertiary/aromatic N) is 3. The molecule has 0 saturated carbocycles. The number of aromatic nitrogens is 3. The summed E-state index contributed by atoms with van der Waals surface area (Å²) in [5, 5.41) is 11.9. The van der Waals surface area contributed by atoms with Gasteiger partial charge in [-0.1, -0.05) is 29.4 Å². The van der Waals surface area contributed by atoms with E-state index in [4.69, 9.17) is 16.3 Å². The topological polar surface area (TPSA) is 60.2 Å². The minimum Gasteiger partial charge on any atom is -0.394 e. The Morgan fingerprint density at radius 3 is 2.96 bits per heavy atom. The number of benzene rings is 1. The van der Waals surface area contributed by atoms with Gasteiger partial charge in [0.25, 0.3) is 0 Å². The molecule has 4 rings (SSSR count). The largest absolute Gasteiger partial charge is 0.394 e. The van der Waals surface area contributed by atoms with E-state index < -0.39 is 0 Å². The first-order valence-corrected chi connectivity index (χ1v) is 9.37. The maximum absolute atomic E-state index is 9.27. The van der Waals surface area contributed by atoms with Crippen LogP contribution in [0.2, 0.25) is 5.02 Å². The predicted octanol–water partition coefficient (Wildman–Crippen LogP) is 4.21. The lowest BCUT2D eigenvalue weighted by atomic mass is 10.2. The van der Waals surface area contributed by atoms with Gasteiger partial charge in [0.2, 0.25) is 0 Å². The van der Waals surface area contributed by atoms with Gasteiger partial charge in [-0.15, -0.1) is 0 Å². The molecule has 25 heavy (non-hydrogen) atoms. The number of aliphatic hydroxyl groups is 1. The molecule has 0 aliphatic carbocycles. The van der Waals surface area contributed by atoms with Gasteiger partial charge in [-0.2, -0.15) is 0 Å². The average Bonchev–Trinajstić information content (AvgIpc) is 3.25. The molecule has 0 bridgehead atoms. The molecule has 7 heteroatoms. The molecule has 2 unspecified atom stereocenters. The fourth-order valence-electron chi connectivity index (χ4n) is 3.04. The molecular weight excluding hydrogens is 358 g/mol. The summed E-state index contributed by atoms with van der Waals surface area (Å²) in [5.74, 6) is 0. The molecule has 2 atom stereocenters. The van der Waals surface area contributed by atoms with Crippen LogP contribution in [-0.4, -0.2) is 32.4 Å². The van der Waals surface area contributed by atoms with Crippen molar-refractivity contribution in [3.05, 3.63) is 47.4 Å². The van der Waals surface area contributed by atoms with E-state index in [9.17, 15) is 5.11 Å². The van der Waals surface area contributed by atoms with Crippen LogP contribution in [-0.2, 0) is 4.74 Å². The van der Waals surface area contributed by atoms with Gasteiger partial charge < -0.3 is 14.4 Å². The predicted molar refractivity (Wildman–Crippen MR) is 98.1 cm³/mol. The zero-order valence-corrected chi connectivity index (χ0v) is 15.3. The fraction of sp³-hybridized carbons (Fsp3) is 0.333. The van der Waals surface area contributed by atoms with Crippen LogP contribution >= 0.6 is 23.4 Å². The summed E-state index contributed by atoms with van der Waals surface area (Å²) in [4.78, 5) is 9.92. The normalized spacial score (nSPS) is 20.4. The first kappa shape index (κ1) is 16.8. The number of ether oxygens (including phenoxy) is 1. The van der Waals surface area contributed by atoms with E-state index in [1.54, 1.807) is 18.1 Å². The highest BCUT2D eigenvalue weighted by Gasteiger charge is 2.27. The maximum Gasteiger partial charge on any atom is 0.146 e. The standard InChI is InChI=1S/C18H18ClN3O2S/c1-11-2-4-13(8-15(11)19)25-18-14-6-7-22(17(14)20-10-21-18)16-5-3-12(9-23)24-16/h2,4,6-8,10,12,16,23H,3,5,9H2,1H3. The number of rotatable bonds is 4. The van der Waals surface area contributed by atoms with Gasteiger partial charge in [-0.05, 0) is 43.5 Å². The van der Waals surface area contributed by atoms with Crippen molar-refractivity contribution in [1.29, 1.82) is 0 Å². The van der Waals surface area contributed by atoms with Crippen LogP contribution < -0.4 is 0 Å². The van der Waals surface area contributed by atoms with Crippen LogP contribution in [0.1, 0.15) is 24.6 Å². The van der Waals surface area contributed by atoms with E-state index in [1.807, 2.05) is 42.0 Å². The Bertz CT molecular complexity index is 914. The molecule has 3 heterocycles. The summed E-state index contributed by atoms with van der Waals surface area (Å²) >= 11 is 7.80. The highest BCUT2D eigenvalue weighted by atomic mass is 35.5. The minimum absolute atomic E-state index is 0.0555. The summed E-state index contributed by atoms with van der Waals surface area (Å²) in [6.45, 7) is 2.04. The monoisotopic (exact) mass is 375 g/mol.